The molecule has 140 valence electrons. The fraction of sp³-hybridized carbons (Fsp3) is 0.143. The quantitative estimate of drug-likeness (QED) is 0.660. The van der Waals surface area contributed by atoms with Crippen molar-refractivity contribution in [3.05, 3.63) is 77.6 Å². The summed E-state index contributed by atoms with van der Waals surface area (Å²) in [7, 11) is 1.63. The zero-order chi connectivity index (χ0) is 19.8. The van der Waals surface area contributed by atoms with Crippen molar-refractivity contribution < 1.29 is 9.53 Å². The monoisotopic (exact) mass is 373 g/mol. The van der Waals surface area contributed by atoms with Crippen molar-refractivity contribution in [2.45, 2.75) is 6.42 Å². The summed E-state index contributed by atoms with van der Waals surface area (Å²) in [6.07, 6.45) is 2.23. The molecule has 0 saturated heterocycles. The van der Waals surface area contributed by atoms with Crippen molar-refractivity contribution in [1.82, 2.24) is 15.3 Å². The molecular formula is C21H19N5O2. The minimum atomic E-state index is -0.265. The number of aromatic nitrogens is 2. The molecule has 3 aromatic rings. The highest BCUT2D eigenvalue weighted by Crippen LogP contribution is 2.14. The van der Waals surface area contributed by atoms with E-state index in [4.69, 9.17) is 10.00 Å². The van der Waals surface area contributed by atoms with Gasteiger partial charge < -0.3 is 15.4 Å². The van der Waals surface area contributed by atoms with Crippen LogP contribution in [0.1, 0.15) is 21.6 Å². The number of hydrogen-bond acceptors (Lipinski definition) is 6. The first kappa shape index (κ1) is 18.9. The second-order valence-electron chi connectivity index (χ2n) is 5.93. The number of ether oxygens (including phenoxy) is 1. The lowest BCUT2D eigenvalue weighted by atomic mass is 10.1. The fourth-order valence-corrected chi connectivity index (χ4v) is 2.51. The van der Waals surface area contributed by atoms with Crippen molar-refractivity contribution in [1.29, 1.82) is 5.26 Å². The van der Waals surface area contributed by atoms with E-state index in [-0.39, 0.29) is 11.6 Å². The Morgan fingerprint density at radius 3 is 2.54 bits per heavy atom. The van der Waals surface area contributed by atoms with Gasteiger partial charge in [0.2, 0.25) is 5.95 Å². The van der Waals surface area contributed by atoms with Crippen molar-refractivity contribution >= 4 is 17.5 Å². The molecule has 0 saturated carbocycles. The molecule has 28 heavy (non-hydrogen) atoms. The average molecular weight is 373 g/mol. The molecule has 0 radical (unpaired) electrons. The number of carbonyl (C=O) groups excluding carboxylic acids is 1. The minimum Gasteiger partial charge on any atom is -0.497 e. The van der Waals surface area contributed by atoms with Gasteiger partial charge in [0.25, 0.3) is 5.91 Å². The molecule has 0 aliphatic rings. The summed E-state index contributed by atoms with van der Waals surface area (Å²) in [4.78, 5) is 20.7. The summed E-state index contributed by atoms with van der Waals surface area (Å²) in [5.41, 5.74) is 2.68. The van der Waals surface area contributed by atoms with E-state index in [1.165, 1.54) is 6.20 Å². The van der Waals surface area contributed by atoms with Gasteiger partial charge in [-0.05, 0) is 54.4 Å². The number of rotatable bonds is 7. The minimum absolute atomic E-state index is 0.265. The average Bonchev–Trinajstić information content (AvgIpc) is 2.75. The van der Waals surface area contributed by atoms with Crippen LogP contribution in [-0.2, 0) is 6.42 Å². The van der Waals surface area contributed by atoms with E-state index in [1.54, 1.807) is 37.4 Å². The van der Waals surface area contributed by atoms with Crippen LogP contribution in [0.2, 0.25) is 0 Å². The van der Waals surface area contributed by atoms with Gasteiger partial charge in [-0.2, -0.15) is 5.26 Å². The van der Waals surface area contributed by atoms with Crippen LogP contribution < -0.4 is 15.4 Å². The lowest BCUT2D eigenvalue weighted by Crippen LogP contribution is -2.26. The number of nitriles is 1. The fourth-order valence-electron chi connectivity index (χ4n) is 2.51. The molecule has 0 aliphatic carbocycles. The number of carbonyl (C=O) groups is 1. The van der Waals surface area contributed by atoms with Gasteiger partial charge in [0.05, 0.1) is 18.7 Å². The van der Waals surface area contributed by atoms with Crippen molar-refractivity contribution in [2.75, 3.05) is 19.0 Å². The third-order valence-corrected chi connectivity index (χ3v) is 4.02. The van der Waals surface area contributed by atoms with E-state index >= 15 is 0 Å². The van der Waals surface area contributed by atoms with Gasteiger partial charge in [-0.3, -0.25) is 4.79 Å². The van der Waals surface area contributed by atoms with Gasteiger partial charge in [0.1, 0.15) is 11.4 Å². The molecule has 7 nitrogen and oxygen atoms in total. The molecular weight excluding hydrogens is 354 g/mol. The number of amides is 1. The van der Waals surface area contributed by atoms with Gasteiger partial charge >= 0.3 is 0 Å². The summed E-state index contributed by atoms with van der Waals surface area (Å²) >= 11 is 0. The molecule has 1 aromatic heterocycles. The molecule has 0 bridgehead atoms. The largest absolute Gasteiger partial charge is 0.497 e. The Balaban J connectivity index is 1.56. The van der Waals surface area contributed by atoms with Gasteiger partial charge in [0, 0.05) is 18.4 Å². The second kappa shape index (κ2) is 9.14. The summed E-state index contributed by atoms with van der Waals surface area (Å²) in [5.74, 6) is 0.849. The van der Waals surface area contributed by atoms with Gasteiger partial charge in [-0.25, -0.2) is 9.97 Å². The molecule has 0 aliphatic heterocycles. The van der Waals surface area contributed by atoms with Crippen molar-refractivity contribution in [3.8, 4) is 11.8 Å². The Morgan fingerprint density at radius 2 is 1.86 bits per heavy atom. The summed E-state index contributed by atoms with van der Waals surface area (Å²) in [5, 5.41) is 14.7. The first-order valence-corrected chi connectivity index (χ1v) is 8.69. The number of anilines is 2. The molecule has 0 unspecified atom stereocenters. The molecule has 2 N–H and O–H groups in total. The van der Waals surface area contributed by atoms with Gasteiger partial charge in [0.15, 0.2) is 0 Å². The van der Waals surface area contributed by atoms with Gasteiger partial charge in [-0.15, -0.1) is 0 Å². The SMILES string of the molecule is COc1ccc(CCNC(=O)c2ccnc(Nc3ccc(C#N)cc3)n2)cc1. The summed E-state index contributed by atoms with van der Waals surface area (Å²) in [6.45, 7) is 0.494. The van der Waals surface area contributed by atoms with Crippen molar-refractivity contribution in [2.24, 2.45) is 0 Å². The molecule has 1 amide bonds. The highest BCUT2D eigenvalue weighted by atomic mass is 16.5. The summed E-state index contributed by atoms with van der Waals surface area (Å²) < 4.78 is 5.13. The lowest BCUT2D eigenvalue weighted by Gasteiger charge is -2.08. The van der Waals surface area contributed by atoms with E-state index in [2.05, 4.69) is 26.7 Å². The highest BCUT2D eigenvalue weighted by molar-refractivity contribution is 5.92. The number of hydrogen-bond donors (Lipinski definition) is 2. The van der Waals surface area contributed by atoms with Crippen LogP contribution in [0.3, 0.4) is 0 Å². The second-order valence-corrected chi connectivity index (χ2v) is 5.93. The van der Waals surface area contributed by atoms with E-state index < -0.39 is 0 Å². The zero-order valence-corrected chi connectivity index (χ0v) is 15.3. The van der Waals surface area contributed by atoms with Crippen molar-refractivity contribution in [3.63, 3.8) is 0 Å². The van der Waals surface area contributed by atoms with Crippen LogP contribution in [-0.4, -0.2) is 29.5 Å². The van der Waals surface area contributed by atoms with E-state index in [0.29, 0.717) is 24.5 Å². The molecule has 0 atom stereocenters. The van der Waals surface area contributed by atoms with Crippen LogP contribution in [0, 0.1) is 11.3 Å². The standard InChI is InChI=1S/C21H19N5O2/c1-28-18-8-4-15(5-9-18)10-12-23-20(27)19-11-13-24-21(26-19)25-17-6-2-16(14-22)3-7-17/h2-9,11,13H,10,12H2,1H3,(H,23,27)(H,24,25,26). The van der Waals surface area contributed by atoms with Crippen LogP contribution in [0.25, 0.3) is 0 Å². The van der Waals surface area contributed by atoms with E-state index in [9.17, 15) is 4.79 Å². The number of benzene rings is 2. The molecule has 0 fully saturated rings. The number of nitrogens with zero attached hydrogens (tertiary/aromatic N) is 3. The molecule has 7 heteroatoms. The van der Waals surface area contributed by atoms with Gasteiger partial charge in [-0.1, -0.05) is 12.1 Å². The highest BCUT2D eigenvalue weighted by Gasteiger charge is 2.09. The van der Waals surface area contributed by atoms with Crippen LogP contribution in [0.5, 0.6) is 5.75 Å². The number of nitrogens with one attached hydrogen (secondary N) is 2. The Morgan fingerprint density at radius 1 is 1.11 bits per heavy atom. The topological polar surface area (TPSA) is 99.9 Å². The Kier molecular flexibility index (Phi) is 6.16. The molecule has 1 heterocycles. The van der Waals surface area contributed by atoms with Crippen LogP contribution in [0.15, 0.2) is 60.8 Å². The molecule has 2 aromatic carbocycles. The lowest BCUT2D eigenvalue weighted by molar-refractivity contribution is 0.0949. The molecule has 3 rings (SSSR count). The Bertz CT molecular complexity index is 979. The third kappa shape index (κ3) is 5.05. The van der Waals surface area contributed by atoms with E-state index in [0.717, 1.165) is 17.0 Å². The zero-order valence-electron chi connectivity index (χ0n) is 15.3. The number of methoxy groups -OCH3 is 1. The third-order valence-electron chi connectivity index (χ3n) is 4.02. The first-order chi connectivity index (χ1) is 13.7. The summed E-state index contributed by atoms with van der Waals surface area (Å²) in [6, 6.07) is 18.2. The molecule has 0 spiro atoms. The Labute approximate surface area is 163 Å². The maximum atomic E-state index is 12.3. The normalized spacial score (nSPS) is 10.0. The van der Waals surface area contributed by atoms with Crippen LogP contribution >= 0.6 is 0 Å². The maximum Gasteiger partial charge on any atom is 0.270 e. The van der Waals surface area contributed by atoms with E-state index in [1.807, 2.05) is 24.3 Å². The maximum absolute atomic E-state index is 12.3. The Hall–Kier alpha value is -3.92. The smallest absolute Gasteiger partial charge is 0.270 e. The predicted octanol–water partition coefficient (Wildman–Crippen LogP) is 3.07. The first-order valence-electron chi connectivity index (χ1n) is 8.69. The van der Waals surface area contributed by atoms with Crippen LogP contribution in [0.4, 0.5) is 11.6 Å². The predicted molar refractivity (Wildman–Crippen MR) is 106 cm³/mol.